The van der Waals surface area contributed by atoms with E-state index in [1.54, 1.807) is 17.9 Å². The Labute approximate surface area is 229 Å². The number of amides is 2. The molecule has 9 heteroatoms. The SMILES string of the molecule is CCOC(Cc1ccc(OCCN(CCCc2cc(Cl)cc(Cl)c2)C(=O)NC2CCCC2)cc1)C(=O)O. The van der Waals surface area contributed by atoms with Crippen LogP contribution < -0.4 is 10.1 Å². The van der Waals surface area contributed by atoms with Crippen LogP contribution in [0.5, 0.6) is 5.75 Å². The lowest BCUT2D eigenvalue weighted by Crippen LogP contribution is -2.46. The van der Waals surface area contributed by atoms with Gasteiger partial charge in [0.05, 0.1) is 6.54 Å². The number of halogens is 2. The number of hydrogen-bond acceptors (Lipinski definition) is 4. The molecule has 7 nitrogen and oxygen atoms in total. The quantitative estimate of drug-likeness (QED) is 0.301. The molecule has 2 amide bonds. The van der Waals surface area contributed by atoms with Crippen molar-refractivity contribution in [1.82, 2.24) is 10.2 Å². The number of benzene rings is 2. The van der Waals surface area contributed by atoms with E-state index in [2.05, 4.69) is 5.32 Å². The Kier molecular flexibility index (Phi) is 11.8. The number of carboxylic acid groups (broad SMARTS) is 1. The van der Waals surface area contributed by atoms with Crippen LogP contribution in [0.25, 0.3) is 0 Å². The Bertz CT molecular complexity index is 992. The van der Waals surface area contributed by atoms with Gasteiger partial charge in [0, 0.05) is 35.7 Å². The van der Waals surface area contributed by atoms with Crippen LogP contribution in [0, 0.1) is 0 Å². The number of urea groups is 1. The molecule has 0 bridgehead atoms. The second kappa shape index (κ2) is 15.1. The van der Waals surface area contributed by atoms with Crippen LogP contribution in [0.3, 0.4) is 0 Å². The van der Waals surface area contributed by atoms with Gasteiger partial charge in [0.25, 0.3) is 0 Å². The van der Waals surface area contributed by atoms with Gasteiger partial charge in [0.2, 0.25) is 0 Å². The largest absolute Gasteiger partial charge is 0.492 e. The van der Waals surface area contributed by atoms with Crippen LogP contribution in [0.4, 0.5) is 4.79 Å². The molecule has 1 aliphatic rings. The van der Waals surface area contributed by atoms with E-state index in [4.69, 9.17) is 32.7 Å². The highest BCUT2D eigenvalue weighted by atomic mass is 35.5. The number of rotatable bonds is 14. The molecule has 0 radical (unpaired) electrons. The number of nitrogens with zero attached hydrogens (tertiary/aromatic N) is 1. The third-order valence-electron chi connectivity index (χ3n) is 6.40. The maximum Gasteiger partial charge on any atom is 0.333 e. The van der Waals surface area contributed by atoms with Crippen molar-refractivity contribution in [3.63, 3.8) is 0 Å². The van der Waals surface area contributed by atoms with Crippen molar-refractivity contribution in [2.75, 3.05) is 26.3 Å². The fourth-order valence-corrected chi connectivity index (χ4v) is 5.08. The summed E-state index contributed by atoms with van der Waals surface area (Å²) in [4.78, 5) is 26.1. The Morgan fingerprint density at radius 1 is 1.05 bits per heavy atom. The Hall–Kier alpha value is -2.48. The molecule has 1 unspecified atom stereocenters. The zero-order chi connectivity index (χ0) is 26.6. The number of hydrogen-bond donors (Lipinski definition) is 2. The Morgan fingerprint density at radius 2 is 1.73 bits per heavy atom. The number of nitrogens with one attached hydrogen (secondary N) is 1. The number of carbonyl (C=O) groups excluding carboxylic acids is 1. The van der Waals surface area contributed by atoms with Crippen molar-refractivity contribution in [2.24, 2.45) is 0 Å². The van der Waals surface area contributed by atoms with Crippen LogP contribution >= 0.6 is 23.2 Å². The van der Waals surface area contributed by atoms with Crippen LogP contribution in [0.15, 0.2) is 42.5 Å². The molecule has 1 atom stereocenters. The average molecular weight is 552 g/mol. The van der Waals surface area contributed by atoms with Gasteiger partial charge in [0.1, 0.15) is 12.4 Å². The van der Waals surface area contributed by atoms with E-state index in [9.17, 15) is 14.7 Å². The number of aliphatic carboxylic acids is 1. The second-order valence-electron chi connectivity index (χ2n) is 9.28. The second-order valence-corrected chi connectivity index (χ2v) is 10.2. The highest BCUT2D eigenvalue weighted by Crippen LogP contribution is 2.21. The zero-order valence-corrected chi connectivity index (χ0v) is 22.8. The highest BCUT2D eigenvalue weighted by Gasteiger charge is 2.21. The van der Waals surface area contributed by atoms with E-state index < -0.39 is 12.1 Å². The molecule has 2 aromatic carbocycles. The lowest BCUT2D eigenvalue weighted by atomic mass is 10.1. The summed E-state index contributed by atoms with van der Waals surface area (Å²) in [5.41, 5.74) is 1.89. The van der Waals surface area contributed by atoms with Gasteiger partial charge in [-0.2, -0.15) is 0 Å². The minimum Gasteiger partial charge on any atom is -0.492 e. The van der Waals surface area contributed by atoms with Crippen molar-refractivity contribution in [3.05, 3.63) is 63.6 Å². The van der Waals surface area contributed by atoms with Crippen molar-refractivity contribution < 1.29 is 24.2 Å². The molecule has 1 saturated carbocycles. The van der Waals surface area contributed by atoms with Crippen LogP contribution in [0.2, 0.25) is 10.0 Å². The summed E-state index contributed by atoms with van der Waals surface area (Å²) in [6.45, 7) is 3.49. The minimum absolute atomic E-state index is 0.0642. The summed E-state index contributed by atoms with van der Waals surface area (Å²) >= 11 is 12.2. The summed E-state index contributed by atoms with van der Waals surface area (Å²) in [6.07, 6.45) is 5.30. The fraction of sp³-hybridized carbons (Fsp3) is 0.500. The first-order valence-corrected chi connectivity index (χ1v) is 13.7. The van der Waals surface area contributed by atoms with E-state index in [1.165, 1.54) is 0 Å². The van der Waals surface area contributed by atoms with Gasteiger partial charge >= 0.3 is 12.0 Å². The van der Waals surface area contributed by atoms with Gasteiger partial charge in [-0.05, 0) is 74.1 Å². The topological polar surface area (TPSA) is 88.1 Å². The molecule has 1 fully saturated rings. The number of aryl methyl sites for hydroxylation is 1. The van der Waals surface area contributed by atoms with Crippen molar-refractivity contribution in [1.29, 1.82) is 0 Å². The zero-order valence-electron chi connectivity index (χ0n) is 21.3. The van der Waals surface area contributed by atoms with Crippen molar-refractivity contribution in [3.8, 4) is 5.75 Å². The first-order valence-electron chi connectivity index (χ1n) is 12.9. The summed E-state index contributed by atoms with van der Waals surface area (Å²) in [6, 6.07) is 13.0. The van der Waals surface area contributed by atoms with Crippen LogP contribution in [0.1, 0.15) is 50.2 Å². The molecule has 2 N–H and O–H groups in total. The maximum absolute atomic E-state index is 13.0. The molecule has 1 aliphatic carbocycles. The maximum atomic E-state index is 13.0. The highest BCUT2D eigenvalue weighted by molar-refractivity contribution is 6.34. The fourth-order valence-electron chi connectivity index (χ4n) is 4.51. The first-order chi connectivity index (χ1) is 17.8. The van der Waals surface area contributed by atoms with E-state index in [1.807, 2.05) is 36.4 Å². The molecule has 37 heavy (non-hydrogen) atoms. The van der Waals surface area contributed by atoms with Crippen LogP contribution in [-0.4, -0.2) is 60.5 Å². The van der Waals surface area contributed by atoms with Gasteiger partial charge < -0.3 is 24.8 Å². The van der Waals surface area contributed by atoms with E-state index in [0.29, 0.717) is 42.1 Å². The summed E-state index contributed by atoms with van der Waals surface area (Å²) in [5, 5.41) is 13.7. The predicted molar refractivity (Wildman–Crippen MR) is 146 cm³/mol. The van der Waals surface area contributed by atoms with Gasteiger partial charge in [-0.25, -0.2) is 9.59 Å². The average Bonchev–Trinajstić information content (AvgIpc) is 3.36. The molecule has 202 valence electrons. The third-order valence-corrected chi connectivity index (χ3v) is 6.84. The lowest BCUT2D eigenvalue weighted by Gasteiger charge is -2.25. The standard InChI is InChI=1S/C28H36Cl2N2O5/c1-2-36-26(27(33)34)18-20-9-11-25(12-10-20)37-15-14-32(28(35)31-24-7-3-4-8-24)13-5-6-21-16-22(29)19-23(30)17-21/h9-12,16-17,19,24,26H,2-8,13-15,18H2,1H3,(H,31,35)(H,33,34). The number of carboxylic acids is 1. The van der Waals surface area contributed by atoms with Crippen LogP contribution in [-0.2, 0) is 22.4 Å². The number of carbonyl (C=O) groups is 2. The van der Waals surface area contributed by atoms with Gasteiger partial charge in [-0.3, -0.25) is 0 Å². The molecular formula is C28H36Cl2N2O5. The Morgan fingerprint density at radius 3 is 2.35 bits per heavy atom. The molecule has 3 rings (SSSR count). The minimum atomic E-state index is -0.975. The van der Waals surface area contributed by atoms with Gasteiger partial charge in [-0.1, -0.05) is 48.2 Å². The molecule has 0 spiro atoms. The molecule has 0 aromatic heterocycles. The number of ether oxygens (including phenoxy) is 2. The monoisotopic (exact) mass is 550 g/mol. The normalized spacial score (nSPS) is 14.4. The predicted octanol–water partition coefficient (Wildman–Crippen LogP) is 5.99. The van der Waals surface area contributed by atoms with E-state index in [0.717, 1.165) is 49.7 Å². The first kappa shape index (κ1) is 29.1. The lowest BCUT2D eigenvalue weighted by molar-refractivity contribution is -0.149. The third kappa shape index (κ3) is 10.1. The van der Waals surface area contributed by atoms with E-state index in [-0.39, 0.29) is 18.5 Å². The van der Waals surface area contributed by atoms with Crippen molar-refractivity contribution in [2.45, 2.75) is 64.0 Å². The molecule has 0 saturated heterocycles. The molecule has 0 heterocycles. The summed E-state index contributed by atoms with van der Waals surface area (Å²) in [7, 11) is 0. The summed E-state index contributed by atoms with van der Waals surface area (Å²) < 4.78 is 11.2. The van der Waals surface area contributed by atoms with Gasteiger partial charge in [0.15, 0.2) is 6.10 Å². The summed E-state index contributed by atoms with van der Waals surface area (Å²) in [5.74, 6) is -0.312. The smallest absolute Gasteiger partial charge is 0.333 e. The molecular weight excluding hydrogens is 515 g/mol. The van der Waals surface area contributed by atoms with E-state index >= 15 is 0 Å². The Balaban J connectivity index is 1.52. The molecule has 2 aromatic rings. The van der Waals surface area contributed by atoms with Gasteiger partial charge in [-0.15, -0.1) is 0 Å². The molecule has 0 aliphatic heterocycles. The van der Waals surface area contributed by atoms with Crippen molar-refractivity contribution >= 4 is 35.2 Å².